The highest BCUT2D eigenvalue weighted by Gasteiger charge is 2.31. The zero-order valence-corrected chi connectivity index (χ0v) is 16.9. The Labute approximate surface area is 176 Å². The second-order valence-electron chi connectivity index (χ2n) is 6.52. The lowest BCUT2D eigenvalue weighted by Crippen LogP contribution is -2.16. The molecule has 0 radical (unpaired) electrons. The Bertz CT molecular complexity index is 1170. The van der Waals surface area contributed by atoms with Crippen LogP contribution in [-0.2, 0) is 6.54 Å². The van der Waals surface area contributed by atoms with E-state index >= 15 is 0 Å². The molecular formula is C20H18N4O7. The molecule has 1 heterocycles. The predicted molar refractivity (Wildman–Crippen MR) is 107 cm³/mol. The molecule has 3 aromatic rings. The summed E-state index contributed by atoms with van der Waals surface area (Å²) in [7, 11) is 2.88. The number of aromatic nitrogens is 3. The fraction of sp³-hybridized carbons (Fsp3) is 0.200. The number of benzene rings is 2. The van der Waals surface area contributed by atoms with Gasteiger partial charge in [-0.25, -0.2) is 9.48 Å². The normalized spacial score (nSPS) is 10.5. The summed E-state index contributed by atoms with van der Waals surface area (Å²) in [6.45, 7) is 1.61. The highest BCUT2D eigenvalue weighted by molar-refractivity contribution is 6.14. The van der Waals surface area contributed by atoms with Gasteiger partial charge in [-0.2, -0.15) is 0 Å². The molecule has 3 rings (SSSR count). The largest absolute Gasteiger partial charge is 0.497 e. The van der Waals surface area contributed by atoms with Gasteiger partial charge in [-0.05, 0) is 36.2 Å². The quantitative estimate of drug-likeness (QED) is 0.326. The molecule has 0 unspecified atom stereocenters. The molecule has 0 saturated heterocycles. The number of nitro benzene ring substituents is 1. The van der Waals surface area contributed by atoms with Crippen LogP contribution in [0.2, 0.25) is 0 Å². The standard InChI is InChI=1S/C20H18N4O7/c1-11-8-15(24(28)29)14(9-16(11)31-3)19(25)17-18(20(26)27)23(22-21-17)10-12-4-6-13(30-2)7-5-12/h4-9H,10H2,1-3H3,(H,26,27). The SMILES string of the molecule is COc1ccc(Cn2nnc(C(=O)c3cc(OC)c(C)cc3[N+](=O)[O-])c2C(=O)O)cc1. The lowest BCUT2D eigenvalue weighted by atomic mass is 10.0. The van der Waals surface area contributed by atoms with E-state index < -0.39 is 33.8 Å². The molecule has 0 bridgehead atoms. The number of aryl methyl sites for hydroxylation is 1. The number of nitro groups is 1. The van der Waals surface area contributed by atoms with Crippen LogP contribution in [0.25, 0.3) is 0 Å². The number of methoxy groups -OCH3 is 2. The third kappa shape index (κ3) is 4.20. The topological polar surface area (TPSA) is 147 Å². The Kier molecular flexibility index (Phi) is 5.95. The van der Waals surface area contributed by atoms with E-state index in [1.807, 2.05) is 0 Å². The fourth-order valence-corrected chi connectivity index (χ4v) is 3.05. The van der Waals surface area contributed by atoms with Crippen LogP contribution in [-0.4, -0.2) is 51.0 Å². The average Bonchev–Trinajstić information content (AvgIpc) is 3.17. The van der Waals surface area contributed by atoms with Crippen LogP contribution in [0.15, 0.2) is 36.4 Å². The number of carboxylic acid groups (broad SMARTS) is 1. The molecular weight excluding hydrogens is 408 g/mol. The fourth-order valence-electron chi connectivity index (χ4n) is 3.05. The highest BCUT2D eigenvalue weighted by atomic mass is 16.6. The van der Waals surface area contributed by atoms with Gasteiger partial charge in [0.05, 0.1) is 25.7 Å². The number of ketones is 1. The Hall–Kier alpha value is -4.28. The summed E-state index contributed by atoms with van der Waals surface area (Å²) >= 11 is 0. The molecule has 0 atom stereocenters. The average molecular weight is 426 g/mol. The summed E-state index contributed by atoms with van der Waals surface area (Å²) in [5.74, 6) is -1.51. The van der Waals surface area contributed by atoms with E-state index in [0.29, 0.717) is 16.9 Å². The van der Waals surface area contributed by atoms with E-state index in [4.69, 9.17) is 9.47 Å². The van der Waals surface area contributed by atoms with E-state index in [0.717, 1.165) is 4.68 Å². The number of rotatable bonds is 8. The van der Waals surface area contributed by atoms with Crippen LogP contribution < -0.4 is 9.47 Å². The summed E-state index contributed by atoms with van der Waals surface area (Å²) in [5.41, 5.74) is -0.664. The second kappa shape index (κ2) is 8.61. The number of hydrogen-bond acceptors (Lipinski definition) is 8. The molecule has 0 aliphatic heterocycles. The lowest BCUT2D eigenvalue weighted by Gasteiger charge is -2.08. The summed E-state index contributed by atoms with van der Waals surface area (Å²) in [5, 5.41) is 28.7. The van der Waals surface area contributed by atoms with E-state index in [1.54, 1.807) is 31.2 Å². The van der Waals surface area contributed by atoms with Crippen molar-refractivity contribution < 1.29 is 29.1 Å². The number of hydrogen-bond donors (Lipinski definition) is 1. The van der Waals surface area contributed by atoms with Crippen molar-refractivity contribution in [1.82, 2.24) is 15.0 Å². The van der Waals surface area contributed by atoms with Gasteiger partial charge in [0, 0.05) is 6.07 Å². The van der Waals surface area contributed by atoms with Crippen LogP contribution >= 0.6 is 0 Å². The lowest BCUT2D eigenvalue weighted by molar-refractivity contribution is -0.385. The third-order valence-electron chi connectivity index (χ3n) is 4.60. The van der Waals surface area contributed by atoms with Crippen molar-refractivity contribution in [1.29, 1.82) is 0 Å². The first-order valence-electron chi connectivity index (χ1n) is 8.94. The van der Waals surface area contributed by atoms with Gasteiger partial charge < -0.3 is 14.6 Å². The molecule has 0 fully saturated rings. The number of aromatic carboxylic acids is 1. The van der Waals surface area contributed by atoms with E-state index in [2.05, 4.69) is 10.3 Å². The van der Waals surface area contributed by atoms with Crippen LogP contribution in [0.3, 0.4) is 0 Å². The molecule has 2 aromatic carbocycles. The van der Waals surface area contributed by atoms with Gasteiger partial charge in [-0.1, -0.05) is 17.3 Å². The molecule has 0 spiro atoms. The summed E-state index contributed by atoms with van der Waals surface area (Å²) in [6.07, 6.45) is 0. The van der Waals surface area contributed by atoms with Gasteiger partial charge >= 0.3 is 5.97 Å². The minimum atomic E-state index is -1.44. The number of nitrogens with zero attached hydrogens (tertiary/aromatic N) is 4. The zero-order valence-electron chi connectivity index (χ0n) is 16.9. The van der Waals surface area contributed by atoms with Crippen LogP contribution in [0.1, 0.15) is 37.7 Å². The second-order valence-corrected chi connectivity index (χ2v) is 6.52. The molecule has 11 heteroatoms. The molecule has 1 N–H and O–H groups in total. The zero-order chi connectivity index (χ0) is 22.7. The van der Waals surface area contributed by atoms with Gasteiger partial charge in [0.15, 0.2) is 11.4 Å². The number of carboxylic acids is 1. The smallest absolute Gasteiger partial charge is 0.356 e. The van der Waals surface area contributed by atoms with Crippen molar-refractivity contribution in [2.24, 2.45) is 0 Å². The minimum Gasteiger partial charge on any atom is -0.497 e. The van der Waals surface area contributed by atoms with E-state index in [9.17, 15) is 24.8 Å². The summed E-state index contributed by atoms with van der Waals surface area (Å²) in [6, 6.07) is 9.20. The Morgan fingerprint density at radius 1 is 1.16 bits per heavy atom. The highest BCUT2D eigenvalue weighted by Crippen LogP contribution is 2.30. The minimum absolute atomic E-state index is 0.0191. The first-order chi connectivity index (χ1) is 14.8. The van der Waals surface area contributed by atoms with Gasteiger partial charge in [-0.15, -0.1) is 5.10 Å². The number of carbonyl (C=O) groups excluding carboxylic acids is 1. The van der Waals surface area contributed by atoms with Gasteiger partial charge in [0.25, 0.3) is 5.69 Å². The number of ether oxygens (including phenoxy) is 2. The van der Waals surface area contributed by atoms with E-state index in [-0.39, 0.29) is 17.9 Å². The van der Waals surface area contributed by atoms with Crippen molar-refractivity contribution in [2.75, 3.05) is 14.2 Å². The molecule has 160 valence electrons. The third-order valence-corrected chi connectivity index (χ3v) is 4.60. The Morgan fingerprint density at radius 3 is 2.39 bits per heavy atom. The molecule has 31 heavy (non-hydrogen) atoms. The van der Waals surface area contributed by atoms with Crippen molar-refractivity contribution in [3.05, 3.63) is 74.6 Å². The predicted octanol–water partition coefficient (Wildman–Crippen LogP) is 2.49. The monoisotopic (exact) mass is 426 g/mol. The molecule has 11 nitrogen and oxygen atoms in total. The molecule has 0 saturated carbocycles. The van der Waals surface area contributed by atoms with Crippen molar-refractivity contribution in [2.45, 2.75) is 13.5 Å². The maximum atomic E-state index is 13.1. The van der Waals surface area contributed by atoms with Crippen molar-refractivity contribution >= 4 is 17.4 Å². The van der Waals surface area contributed by atoms with Crippen LogP contribution in [0.5, 0.6) is 11.5 Å². The molecule has 0 aliphatic rings. The van der Waals surface area contributed by atoms with Crippen LogP contribution in [0.4, 0.5) is 5.69 Å². The first-order valence-corrected chi connectivity index (χ1v) is 8.94. The molecule has 1 aromatic heterocycles. The van der Waals surface area contributed by atoms with Gasteiger partial charge in [0.2, 0.25) is 5.78 Å². The van der Waals surface area contributed by atoms with Gasteiger partial charge in [-0.3, -0.25) is 14.9 Å². The first kappa shape index (κ1) is 21.4. The van der Waals surface area contributed by atoms with Crippen molar-refractivity contribution in [3.63, 3.8) is 0 Å². The molecule has 0 aliphatic carbocycles. The maximum absolute atomic E-state index is 13.1. The Balaban J connectivity index is 2.06. The Morgan fingerprint density at radius 2 is 1.84 bits per heavy atom. The summed E-state index contributed by atoms with van der Waals surface area (Å²) < 4.78 is 11.3. The van der Waals surface area contributed by atoms with Crippen LogP contribution in [0, 0.1) is 17.0 Å². The van der Waals surface area contributed by atoms with E-state index in [1.165, 1.54) is 26.4 Å². The van der Waals surface area contributed by atoms with Crippen molar-refractivity contribution in [3.8, 4) is 11.5 Å². The molecule has 0 amide bonds. The summed E-state index contributed by atoms with van der Waals surface area (Å²) in [4.78, 5) is 35.7. The number of carbonyl (C=O) groups is 2. The maximum Gasteiger partial charge on any atom is 0.356 e. The van der Waals surface area contributed by atoms with Gasteiger partial charge in [0.1, 0.15) is 17.1 Å².